The van der Waals surface area contributed by atoms with Crippen LogP contribution in [0.25, 0.3) is 0 Å². The fourth-order valence-electron chi connectivity index (χ4n) is 1.42. The van der Waals surface area contributed by atoms with Crippen molar-refractivity contribution in [3.63, 3.8) is 0 Å². The van der Waals surface area contributed by atoms with Gasteiger partial charge in [0.25, 0.3) is 0 Å². The highest BCUT2D eigenvalue weighted by atomic mass is 16.3. The predicted octanol–water partition coefficient (Wildman–Crippen LogP) is 2.62. The van der Waals surface area contributed by atoms with Gasteiger partial charge in [0.1, 0.15) is 5.75 Å². The Kier molecular flexibility index (Phi) is 3.40. The Morgan fingerprint density at radius 1 is 1.33 bits per heavy atom. The molecule has 0 aromatic heterocycles. The molecular weight excluding hydrogens is 186 g/mol. The lowest BCUT2D eigenvalue weighted by Crippen LogP contribution is -2.36. The molecule has 2 nitrogen and oxygen atoms in total. The Hall–Kier alpha value is -1.02. The van der Waals surface area contributed by atoms with Gasteiger partial charge in [-0.05, 0) is 30.4 Å². The SMILES string of the molecule is Cc1ccc(O)c(CC(N)C(C)(C)C)c1. The second-order valence-corrected chi connectivity index (χ2v) is 5.31. The Morgan fingerprint density at radius 3 is 2.47 bits per heavy atom. The summed E-state index contributed by atoms with van der Waals surface area (Å²) < 4.78 is 0. The number of phenolic OH excluding ortho intramolecular Hbond substituents is 1. The number of benzene rings is 1. The molecule has 1 rings (SSSR count). The van der Waals surface area contributed by atoms with E-state index in [9.17, 15) is 5.11 Å². The zero-order valence-electron chi connectivity index (χ0n) is 10.0. The van der Waals surface area contributed by atoms with Gasteiger partial charge < -0.3 is 10.8 Å². The normalized spacial score (nSPS) is 13.9. The quantitative estimate of drug-likeness (QED) is 0.783. The van der Waals surface area contributed by atoms with E-state index in [0.717, 1.165) is 17.5 Å². The molecule has 3 N–H and O–H groups in total. The maximum absolute atomic E-state index is 9.69. The molecule has 0 spiro atoms. The van der Waals surface area contributed by atoms with Crippen LogP contribution in [0.2, 0.25) is 0 Å². The van der Waals surface area contributed by atoms with E-state index >= 15 is 0 Å². The lowest BCUT2D eigenvalue weighted by molar-refractivity contribution is 0.316. The third kappa shape index (κ3) is 3.24. The third-order valence-electron chi connectivity index (χ3n) is 2.79. The Balaban J connectivity index is 2.85. The van der Waals surface area contributed by atoms with Crippen molar-refractivity contribution in [2.45, 2.75) is 40.2 Å². The number of aromatic hydroxyl groups is 1. The van der Waals surface area contributed by atoms with Crippen LogP contribution in [0.15, 0.2) is 18.2 Å². The van der Waals surface area contributed by atoms with E-state index in [2.05, 4.69) is 20.8 Å². The molecule has 0 aliphatic rings. The summed E-state index contributed by atoms with van der Waals surface area (Å²) in [6.07, 6.45) is 0.719. The second-order valence-electron chi connectivity index (χ2n) is 5.31. The second kappa shape index (κ2) is 4.23. The van der Waals surface area contributed by atoms with E-state index < -0.39 is 0 Å². The van der Waals surface area contributed by atoms with Crippen LogP contribution in [-0.2, 0) is 6.42 Å². The van der Waals surface area contributed by atoms with Crippen molar-refractivity contribution < 1.29 is 5.11 Å². The summed E-state index contributed by atoms with van der Waals surface area (Å²) in [5, 5.41) is 9.69. The van der Waals surface area contributed by atoms with Crippen molar-refractivity contribution >= 4 is 0 Å². The monoisotopic (exact) mass is 207 g/mol. The predicted molar refractivity (Wildman–Crippen MR) is 64.0 cm³/mol. The first-order valence-corrected chi connectivity index (χ1v) is 5.35. The first-order valence-electron chi connectivity index (χ1n) is 5.35. The highest BCUT2D eigenvalue weighted by molar-refractivity contribution is 5.36. The highest BCUT2D eigenvalue weighted by Crippen LogP contribution is 2.25. The molecule has 0 bridgehead atoms. The number of hydrogen-bond acceptors (Lipinski definition) is 2. The molecule has 0 fully saturated rings. The minimum Gasteiger partial charge on any atom is -0.508 e. The smallest absolute Gasteiger partial charge is 0.118 e. The molecule has 0 amide bonds. The molecule has 84 valence electrons. The molecule has 1 aromatic rings. The molecule has 0 saturated carbocycles. The fourth-order valence-corrected chi connectivity index (χ4v) is 1.42. The van der Waals surface area contributed by atoms with Crippen LogP contribution in [0.3, 0.4) is 0 Å². The van der Waals surface area contributed by atoms with Crippen LogP contribution < -0.4 is 5.73 Å². The molecule has 0 aliphatic heterocycles. The van der Waals surface area contributed by atoms with Gasteiger partial charge >= 0.3 is 0 Å². The summed E-state index contributed by atoms with van der Waals surface area (Å²) in [4.78, 5) is 0. The zero-order chi connectivity index (χ0) is 11.6. The summed E-state index contributed by atoms with van der Waals surface area (Å²) in [6.45, 7) is 8.37. The Morgan fingerprint density at radius 2 is 1.93 bits per heavy atom. The third-order valence-corrected chi connectivity index (χ3v) is 2.79. The lowest BCUT2D eigenvalue weighted by atomic mass is 9.83. The van der Waals surface area contributed by atoms with Gasteiger partial charge in [-0.15, -0.1) is 0 Å². The van der Waals surface area contributed by atoms with Crippen molar-refractivity contribution in [2.75, 3.05) is 0 Å². The van der Waals surface area contributed by atoms with Crippen LogP contribution in [0.5, 0.6) is 5.75 Å². The van der Waals surface area contributed by atoms with E-state index in [-0.39, 0.29) is 11.5 Å². The van der Waals surface area contributed by atoms with Crippen molar-refractivity contribution in [1.82, 2.24) is 0 Å². The first-order chi connectivity index (χ1) is 6.80. The van der Waals surface area contributed by atoms with Gasteiger partial charge in [-0.2, -0.15) is 0 Å². The standard InChI is InChI=1S/C13H21NO/c1-9-5-6-11(15)10(7-9)8-12(14)13(2,3)4/h5-7,12,15H,8,14H2,1-4H3. The number of rotatable bonds is 2. The molecule has 0 heterocycles. The van der Waals surface area contributed by atoms with Crippen LogP contribution in [0.4, 0.5) is 0 Å². The zero-order valence-corrected chi connectivity index (χ0v) is 10.0. The fraction of sp³-hybridized carbons (Fsp3) is 0.538. The van der Waals surface area contributed by atoms with Gasteiger partial charge in [-0.25, -0.2) is 0 Å². The summed E-state index contributed by atoms with van der Waals surface area (Å²) in [5.74, 6) is 0.348. The molecule has 0 aliphatic carbocycles. The maximum Gasteiger partial charge on any atom is 0.118 e. The van der Waals surface area contributed by atoms with E-state index in [1.807, 2.05) is 19.1 Å². The molecule has 15 heavy (non-hydrogen) atoms. The van der Waals surface area contributed by atoms with Gasteiger partial charge in [0.05, 0.1) is 0 Å². The molecule has 0 saturated heterocycles. The van der Waals surface area contributed by atoms with Gasteiger partial charge in [-0.1, -0.05) is 38.5 Å². The minimum absolute atomic E-state index is 0.0604. The van der Waals surface area contributed by atoms with Crippen LogP contribution in [-0.4, -0.2) is 11.1 Å². The van der Waals surface area contributed by atoms with Crippen molar-refractivity contribution in [3.05, 3.63) is 29.3 Å². The maximum atomic E-state index is 9.69. The average molecular weight is 207 g/mol. The van der Waals surface area contributed by atoms with Gasteiger partial charge in [-0.3, -0.25) is 0 Å². The minimum atomic E-state index is 0.0604. The largest absolute Gasteiger partial charge is 0.508 e. The van der Waals surface area contributed by atoms with Gasteiger partial charge in [0, 0.05) is 6.04 Å². The van der Waals surface area contributed by atoms with Crippen molar-refractivity contribution in [2.24, 2.45) is 11.1 Å². The topological polar surface area (TPSA) is 46.2 Å². The summed E-state index contributed by atoms with van der Waals surface area (Å²) in [6, 6.07) is 5.70. The number of aryl methyl sites for hydroxylation is 1. The molecule has 0 radical (unpaired) electrons. The highest BCUT2D eigenvalue weighted by Gasteiger charge is 2.21. The van der Waals surface area contributed by atoms with E-state index in [0.29, 0.717) is 5.75 Å². The van der Waals surface area contributed by atoms with Crippen molar-refractivity contribution in [3.8, 4) is 5.75 Å². The Labute approximate surface area is 92.1 Å². The van der Waals surface area contributed by atoms with E-state index in [1.165, 1.54) is 0 Å². The first kappa shape index (κ1) is 12.1. The average Bonchev–Trinajstić information content (AvgIpc) is 2.09. The van der Waals surface area contributed by atoms with Crippen LogP contribution in [0, 0.1) is 12.3 Å². The summed E-state index contributed by atoms with van der Waals surface area (Å²) >= 11 is 0. The molecular formula is C13H21NO. The van der Waals surface area contributed by atoms with E-state index in [1.54, 1.807) is 6.07 Å². The van der Waals surface area contributed by atoms with Crippen LogP contribution in [0.1, 0.15) is 31.9 Å². The number of nitrogens with two attached hydrogens (primary N) is 1. The lowest BCUT2D eigenvalue weighted by Gasteiger charge is -2.27. The van der Waals surface area contributed by atoms with Gasteiger partial charge in [0.2, 0.25) is 0 Å². The van der Waals surface area contributed by atoms with E-state index in [4.69, 9.17) is 5.73 Å². The number of phenols is 1. The number of hydrogen-bond donors (Lipinski definition) is 2. The molecule has 1 unspecified atom stereocenters. The molecule has 1 atom stereocenters. The molecule has 1 aromatic carbocycles. The Bertz CT molecular complexity index is 339. The molecule has 2 heteroatoms. The van der Waals surface area contributed by atoms with Crippen molar-refractivity contribution in [1.29, 1.82) is 0 Å². The van der Waals surface area contributed by atoms with Gasteiger partial charge in [0.15, 0.2) is 0 Å². The summed E-state index contributed by atoms with van der Waals surface area (Å²) in [7, 11) is 0. The van der Waals surface area contributed by atoms with Crippen LogP contribution >= 0.6 is 0 Å². The summed E-state index contributed by atoms with van der Waals surface area (Å²) in [5.41, 5.74) is 8.25.